The number of nitrogens with zero attached hydrogens (tertiary/aromatic N) is 3. The van der Waals surface area contributed by atoms with Crippen LogP contribution in [0.1, 0.15) is 40.6 Å². The van der Waals surface area contributed by atoms with Gasteiger partial charge in [-0.05, 0) is 49.6 Å². The van der Waals surface area contributed by atoms with Crippen LogP contribution < -0.4 is 10.1 Å². The number of aromatic amines is 1. The summed E-state index contributed by atoms with van der Waals surface area (Å²) < 4.78 is 7.06. The number of ether oxygens (including phenoxy) is 1. The van der Waals surface area contributed by atoms with E-state index in [0.29, 0.717) is 5.69 Å². The van der Waals surface area contributed by atoms with Gasteiger partial charge in [0.2, 0.25) is 0 Å². The number of nitrogens with one attached hydrogen (secondary N) is 2. The van der Waals surface area contributed by atoms with Crippen molar-refractivity contribution in [3.8, 4) is 17.0 Å². The molecule has 0 aliphatic heterocycles. The summed E-state index contributed by atoms with van der Waals surface area (Å²) in [5.41, 5.74) is 4.41. The van der Waals surface area contributed by atoms with Crippen molar-refractivity contribution < 1.29 is 9.53 Å². The number of aromatic nitrogens is 4. The summed E-state index contributed by atoms with van der Waals surface area (Å²) in [5, 5.41) is 14.5. The highest BCUT2D eigenvalue weighted by Crippen LogP contribution is 2.29. The average Bonchev–Trinajstić information content (AvgIpc) is 3.30. The molecule has 1 atom stereocenters. The highest BCUT2D eigenvalue weighted by Gasteiger charge is 2.25. The Morgan fingerprint density at radius 2 is 2.15 bits per heavy atom. The summed E-state index contributed by atoms with van der Waals surface area (Å²) >= 11 is 0. The lowest BCUT2D eigenvalue weighted by atomic mass is 9.93. The predicted octanol–water partition coefficient (Wildman–Crippen LogP) is 2.63. The van der Waals surface area contributed by atoms with Crippen LogP contribution >= 0.6 is 0 Å². The van der Waals surface area contributed by atoms with E-state index in [-0.39, 0.29) is 11.9 Å². The number of methoxy groups -OCH3 is 1. The molecule has 0 radical (unpaired) electrons. The number of aryl methyl sites for hydroxylation is 1. The maximum atomic E-state index is 12.6. The third-order valence-corrected chi connectivity index (χ3v) is 4.89. The Balaban J connectivity index is 1.50. The lowest BCUT2D eigenvalue weighted by molar-refractivity contribution is 0.0927. The molecule has 4 rings (SSSR count). The number of amides is 1. The Morgan fingerprint density at radius 3 is 2.92 bits per heavy atom. The highest BCUT2D eigenvalue weighted by atomic mass is 16.5. The van der Waals surface area contributed by atoms with Crippen molar-refractivity contribution in [2.45, 2.75) is 25.3 Å². The van der Waals surface area contributed by atoms with Gasteiger partial charge in [-0.15, -0.1) is 0 Å². The van der Waals surface area contributed by atoms with E-state index in [2.05, 4.69) is 20.6 Å². The molecule has 134 valence electrons. The zero-order valence-corrected chi connectivity index (χ0v) is 14.8. The van der Waals surface area contributed by atoms with E-state index < -0.39 is 0 Å². The maximum absolute atomic E-state index is 12.6. The molecule has 2 aromatic heterocycles. The Morgan fingerprint density at radius 1 is 1.35 bits per heavy atom. The number of hydrogen-bond acceptors (Lipinski definition) is 4. The minimum Gasteiger partial charge on any atom is -0.497 e. The molecule has 2 heterocycles. The number of carbonyl (C=O) groups excluding carboxylic acids is 1. The fourth-order valence-electron chi connectivity index (χ4n) is 3.44. The largest absolute Gasteiger partial charge is 0.497 e. The number of hydrogen-bond donors (Lipinski definition) is 2. The monoisotopic (exact) mass is 351 g/mol. The van der Waals surface area contributed by atoms with E-state index >= 15 is 0 Å². The number of fused-ring (bicyclic) bond motifs is 1. The molecule has 1 amide bonds. The van der Waals surface area contributed by atoms with Crippen LogP contribution in [-0.2, 0) is 13.5 Å². The van der Waals surface area contributed by atoms with Crippen LogP contribution in [0, 0.1) is 0 Å². The second-order valence-electron chi connectivity index (χ2n) is 6.48. The van der Waals surface area contributed by atoms with Crippen LogP contribution in [0.15, 0.2) is 36.5 Å². The van der Waals surface area contributed by atoms with Gasteiger partial charge in [-0.3, -0.25) is 14.6 Å². The van der Waals surface area contributed by atoms with Crippen molar-refractivity contribution in [1.29, 1.82) is 0 Å². The first-order chi connectivity index (χ1) is 12.7. The van der Waals surface area contributed by atoms with Gasteiger partial charge in [0.15, 0.2) is 0 Å². The number of benzene rings is 1. The van der Waals surface area contributed by atoms with Gasteiger partial charge in [-0.25, -0.2) is 0 Å². The third kappa shape index (κ3) is 2.96. The Hall–Kier alpha value is -3.09. The molecule has 0 bridgehead atoms. The standard InChI is InChI=1S/C19H21N5O2/c1-24-18-5-3-4-15(14(18)11-20-24)21-19(25)17-10-16(22-23-17)12-6-8-13(26-2)9-7-12/h6-11,15H,3-5H2,1-2H3,(H,21,25)(H,22,23)/t15-/m0/s1. The van der Waals surface area contributed by atoms with Gasteiger partial charge >= 0.3 is 0 Å². The van der Waals surface area contributed by atoms with Crippen LogP contribution in [0.4, 0.5) is 0 Å². The van der Waals surface area contributed by atoms with E-state index in [4.69, 9.17) is 4.74 Å². The van der Waals surface area contributed by atoms with Crippen molar-refractivity contribution in [3.63, 3.8) is 0 Å². The number of H-pyrrole nitrogens is 1. The molecule has 0 fully saturated rings. The van der Waals surface area contributed by atoms with Crippen molar-refractivity contribution in [1.82, 2.24) is 25.3 Å². The minimum absolute atomic E-state index is 0.00677. The normalized spacial score (nSPS) is 16.2. The SMILES string of the molecule is COc1ccc(-c2cc(C(=O)N[C@H]3CCCc4c3cnn4C)[nH]n2)cc1. The van der Waals surface area contributed by atoms with Crippen molar-refractivity contribution in [3.05, 3.63) is 53.5 Å². The second-order valence-corrected chi connectivity index (χ2v) is 6.48. The van der Waals surface area contributed by atoms with Crippen LogP contribution in [0.5, 0.6) is 5.75 Å². The van der Waals surface area contributed by atoms with Crippen LogP contribution in [0.3, 0.4) is 0 Å². The fourth-order valence-corrected chi connectivity index (χ4v) is 3.44. The first-order valence-corrected chi connectivity index (χ1v) is 8.67. The average molecular weight is 351 g/mol. The molecule has 0 saturated heterocycles. The lowest BCUT2D eigenvalue weighted by Gasteiger charge is -2.23. The highest BCUT2D eigenvalue weighted by molar-refractivity contribution is 5.93. The van der Waals surface area contributed by atoms with E-state index in [1.54, 1.807) is 13.2 Å². The molecule has 7 nitrogen and oxygen atoms in total. The molecule has 0 saturated carbocycles. The third-order valence-electron chi connectivity index (χ3n) is 4.89. The summed E-state index contributed by atoms with van der Waals surface area (Å²) in [6.45, 7) is 0. The zero-order chi connectivity index (χ0) is 18.1. The van der Waals surface area contributed by atoms with E-state index in [9.17, 15) is 4.79 Å². The van der Waals surface area contributed by atoms with Gasteiger partial charge in [-0.1, -0.05) is 0 Å². The molecule has 0 unspecified atom stereocenters. The van der Waals surface area contributed by atoms with Gasteiger partial charge < -0.3 is 10.1 Å². The van der Waals surface area contributed by atoms with E-state index in [1.165, 1.54) is 5.69 Å². The first-order valence-electron chi connectivity index (χ1n) is 8.67. The Labute approximate surface area is 151 Å². The zero-order valence-electron chi connectivity index (χ0n) is 14.8. The smallest absolute Gasteiger partial charge is 0.269 e. The Kier molecular flexibility index (Phi) is 4.20. The predicted molar refractivity (Wildman–Crippen MR) is 96.9 cm³/mol. The molecule has 26 heavy (non-hydrogen) atoms. The van der Waals surface area contributed by atoms with Crippen molar-refractivity contribution >= 4 is 5.91 Å². The quantitative estimate of drug-likeness (QED) is 0.757. The topological polar surface area (TPSA) is 84.8 Å². The Bertz CT molecular complexity index is 926. The summed E-state index contributed by atoms with van der Waals surface area (Å²) in [6, 6.07) is 9.34. The van der Waals surface area contributed by atoms with Crippen LogP contribution in [0.25, 0.3) is 11.3 Å². The van der Waals surface area contributed by atoms with Crippen LogP contribution in [0.2, 0.25) is 0 Å². The molecule has 0 spiro atoms. The number of carbonyl (C=O) groups is 1. The second kappa shape index (κ2) is 6.67. The molecule has 1 aliphatic rings. The minimum atomic E-state index is -0.154. The first kappa shape index (κ1) is 16.4. The fraction of sp³-hybridized carbons (Fsp3) is 0.316. The molecule has 2 N–H and O–H groups in total. The van der Waals surface area contributed by atoms with Crippen molar-refractivity contribution in [2.75, 3.05) is 7.11 Å². The summed E-state index contributed by atoms with van der Waals surface area (Å²) in [4.78, 5) is 12.6. The number of rotatable bonds is 4. The summed E-state index contributed by atoms with van der Waals surface area (Å²) in [5.74, 6) is 0.630. The van der Waals surface area contributed by atoms with Gasteiger partial charge in [0.25, 0.3) is 5.91 Å². The molecule has 3 aromatic rings. The molecular weight excluding hydrogens is 330 g/mol. The van der Waals surface area contributed by atoms with Gasteiger partial charge in [0.05, 0.1) is 25.0 Å². The summed E-state index contributed by atoms with van der Waals surface area (Å²) in [7, 11) is 3.57. The van der Waals surface area contributed by atoms with Crippen LogP contribution in [-0.4, -0.2) is 33.0 Å². The molecular formula is C19H21N5O2. The lowest BCUT2D eigenvalue weighted by Crippen LogP contribution is -2.31. The maximum Gasteiger partial charge on any atom is 0.269 e. The van der Waals surface area contributed by atoms with E-state index in [0.717, 1.165) is 41.8 Å². The van der Waals surface area contributed by atoms with Gasteiger partial charge in [0, 0.05) is 23.9 Å². The molecule has 1 aliphatic carbocycles. The molecule has 1 aromatic carbocycles. The van der Waals surface area contributed by atoms with Crippen molar-refractivity contribution in [2.24, 2.45) is 7.05 Å². The van der Waals surface area contributed by atoms with Gasteiger partial charge in [0.1, 0.15) is 11.4 Å². The van der Waals surface area contributed by atoms with Gasteiger partial charge in [-0.2, -0.15) is 10.2 Å². The molecule has 7 heteroatoms. The summed E-state index contributed by atoms with van der Waals surface area (Å²) in [6.07, 6.45) is 4.82. The van der Waals surface area contributed by atoms with E-state index in [1.807, 2.05) is 42.2 Å².